The number of phenols is 1. The van der Waals surface area contributed by atoms with Crippen molar-refractivity contribution in [3.63, 3.8) is 0 Å². The number of hydrogen-bond donors (Lipinski definition) is 1. The number of aromatic hydroxyl groups is 1. The lowest BCUT2D eigenvalue weighted by molar-refractivity contribution is 0.0306. The van der Waals surface area contributed by atoms with Gasteiger partial charge in [-0.3, -0.25) is 14.6 Å². The fourth-order valence-corrected chi connectivity index (χ4v) is 5.29. The van der Waals surface area contributed by atoms with Gasteiger partial charge >= 0.3 is 0 Å². The molecular weight excluding hydrogens is 446 g/mol. The van der Waals surface area contributed by atoms with Crippen molar-refractivity contribution in [3.05, 3.63) is 108 Å². The number of anilines is 1. The fourth-order valence-electron chi connectivity index (χ4n) is 5.29. The number of rotatable bonds is 8. The van der Waals surface area contributed by atoms with E-state index in [1.807, 2.05) is 67.6 Å². The summed E-state index contributed by atoms with van der Waals surface area (Å²) in [5.74, 6) is 0.251. The van der Waals surface area contributed by atoms with Gasteiger partial charge in [0, 0.05) is 49.5 Å². The van der Waals surface area contributed by atoms with Gasteiger partial charge in [0.05, 0.1) is 6.04 Å². The molecule has 3 aromatic carbocycles. The van der Waals surface area contributed by atoms with E-state index in [2.05, 4.69) is 48.4 Å². The highest BCUT2D eigenvalue weighted by atomic mass is 16.3. The number of carbonyl (C=O) groups is 1. The van der Waals surface area contributed by atoms with E-state index < -0.39 is 0 Å². The third kappa shape index (κ3) is 5.53. The Balaban J connectivity index is 1.65. The van der Waals surface area contributed by atoms with Crippen molar-refractivity contribution in [1.29, 1.82) is 0 Å². The van der Waals surface area contributed by atoms with Gasteiger partial charge in [-0.1, -0.05) is 48.5 Å². The molecule has 5 nitrogen and oxygen atoms in total. The Kier molecular flexibility index (Phi) is 8.24. The first kappa shape index (κ1) is 25.7. The smallest absolute Gasteiger partial charge is 0.258 e. The lowest BCUT2D eigenvalue weighted by Crippen LogP contribution is -2.57. The molecule has 1 saturated heterocycles. The number of para-hydroxylation sites is 1. The molecule has 0 spiro atoms. The summed E-state index contributed by atoms with van der Waals surface area (Å²) >= 11 is 0. The van der Waals surface area contributed by atoms with Crippen LogP contribution in [-0.2, 0) is 0 Å². The highest BCUT2D eigenvalue weighted by Gasteiger charge is 2.34. The molecule has 188 valence electrons. The second-order valence-corrected chi connectivity index (χ2v) is 9.64. The number of amides is 1. The van der Waals surface area contributed by atoms with Crippen molar-refractivity contribution in [2.24, 2.45) is 0 Å². The highest BCUT2D eigenvalue weighted by Crippen LogP contribution is 2.35. The Morgan fingerprint density at radius 3 is 2.36 bits per heavy atom. The lowest BCUT2D eigenvalue weighted by atomic mass is 9.92. The number of carbonyl (C=O) groups excluding carboxylic acids is 1. The summed E-state index contributed by atoms with van der Waals surface area (Å²) in [6.07, 6.45) is 1.97. The number of nitrogens with zero attached hydrogens (tertiary/aromatic N) is 3. The fraction of sp³-hybridized carbons (Fsp3) is 0.323. The normalized spacial score (nSPS) is 19.5. The second-order valence-electron chi connectivity index (χ2n) is 9.64. The number of hydrogen-bond acceptors (Lipinski definition) is 4. The van der Waals surface area contributed by atoms with Gasteiger partial charge in [0.1, 0.15) is 5.75 Å². The molecular formula is C31H37N3O2. The van der Waals surface area contributed by atoms with Gasteiger partial charge in [0.25, 0.3) is 5.91 Å². The molecule has 4 rings (SSSR count). The van der Waals surface area contributed by atoms with E-state index >= 15 is 0 Å². The maximum atomic E-state index is 13.3. The van der Waals surface area contributed by atoms with Crippen LogP contribution in [0.5, 0.6) is 5.75 Å². The summed E-state index contributed by atoms with van der Waals surface area (Å²) in [6, 6.07) is 26.0. The van der Waals surface area contributed by atoms with E-state index in [1.54, 1.807) is 11.0 Å². The Labute approximate surface area is 215 Å². The topological polar surface area (TPSA) is 47.0 Å². The zero-order valence-electron chi connectivity index (χ0n) is 21.5. The summed E-state index contributed by atoms with van der Waals surface area (Å²) in [7, 11) is 0. The Bertz CT molecular complexity index is 1160. The van der Waals surface area contributed by atoms with E-state index in [0.717, 1.165) is 36.4 Å². The lowest BCUT2D eigenvalue weighted by Gasteiger charge is -2.47. The van der Waals surface area contributed by atoms with Crippen LogP contribution in [0.1, 0.15) is 48.3 Å². The first-order valence-corrected chi connectivity index (χ1v) is 12.8. The van der Waals surface area contributed by atoms with Gasteiger partial charge in [0.2, 0.25) is 0 Å². The van der Waals surface area contributed by atoms with Crippen LogP contribution >= 0.6 is 0 Å². The van der Waals surface area contributed by atoms with Crippen molar-refractivity contribution >= 4 is 11.6 Å². The van der Waals surface area contributed by atoms with Crippen molar-refractivity contribution in [2.45, 2.75) is 38.9 Å². The minimum atomic E-state index is -0.0269. The van der Waals surface area contributed by atoms with Gasteiger partial charge < -0.3 is 10.0 Å². The second kappa shape index (κ2) is 11.5. The number of piperazine rings is 1. The summed E-state index contributed by atoms with van der Waals surface area (Å²) < 4.78 is 0. The summed E-state index contributed by atoms with van der Waals surface area (Å²) in [5, 5.41) is 10.3. The van der Waals surface area contributed by atoms with Crippen LogP contribution in [0.3, 0.4) is 0 Å². The third-order valence-corrected chi connectivity index (χ3v) is 7.15. The molecule has 0 aliphatic carbocycles. The zero-order valence-corrected chi connectivity index (χ0v) is 21.5. The van der Waals surface area contributed by atoms with Crippen LogP contribution < -0.4 is 4.90 Å². The summed E-state index contributed by atoms with van der Waals surface area (Å²) in [5.41, 5.74) is 3.71. The van der Waals surface area contributed by atoms with Gasteiger partial charge in [-0.25, -0.2) is 0 Å². The average molecular weight is 484 g/mol. The maximum absolute atomic E-state index is 13.3. The quantitative estimate of drug-likeness (QED) is 0.416. The van der Waals surface area contributed by atoms with Crippen molar-refractivity contribution in [1.82, 2.24) is 9.80 Å². The number of benzene rings is 3. The Hall–Kier alpha value is -3.41. The molecule has 3 atom stereocenters. The molecule has 0 saturated carbocycles. The van der Waals surface area contributed by atoms with Gasteiger partial charge in [-0.15, -0.1) is 6.58 Å². The van der Waals surface area contributed by atoms with Gasteiger partial charge in [-0.05, 0) is 68.3 Å². The standard InChI is InChI=1S/C31H37N3O2/c1-5-19-32-21-24(4)34(22-23(32)3)30(27-11-10-14-29(35)20-27)25-15-17-26(18-16-25)31(36)33(6-2)28-12-8-7-9-13-28/h5,7-18,20,23-24,30,35H,1,6,19,21-22H2,2-4H3/t23-,24-,30+/m0/s1. The number of phenolic OH excluding ortho intramolecular Hbond substituents is 1. The average Bonchev–Trinajstić information content (AvgIpc) is 2.88. The van der Waals surface area contributed by atoms with E-state index in [4.69, 9.17) is 0 Å². The Morgan fingerprint density at radius 1 is 1.00 bits per heavy atom. The molecule has 1 amide bonds. The van der Waals surface area contributed by atoms with Crippen LogP contribution in [0.2, 0.25) is 0 Å². The van der Waals surface area contributed by atoms with E-state index in [-0.39, 0.29) is 17.7 Å². The predicted molar refractivity (Wildman–Crippen MR) is 148 cm³/mol. The molecule has 1 aliphatic rings. The molecule has 1 aliphatic heterocycles. The van der Waals surface area contributed by atoms with Gasteiger partial charge in [-0.2, -0.15) is 0 Å². The molecule has 0 aromatic heterocycles. The zero-order chi connectivity index (χ0) is 25.7. The molecule has 1 fully saturated rings. The predicted octanol–water partition coefficient (Wildman–Crippen LogP) is 5.73. The van der Waals surface area contributed by atoms with Crippen LogP contribution in [0.4, 0.5) is 5.69 Å². The minimum absolute atomic E-state index is 0.0100. The van der Waals surface area contributed by atoms with Crippen LogP contribution in [0.25, 0.3) is 0 Å². The van der Waals surface area contributed by atoms with Gasteiger partial charge in [0.15, 0.2) is 0 Å². The van der Waals surface area contributed by atoms with Crippen LogP contribution in [0.15, 0.2) is 91.5 Å². The molecule has 1 heterocycles. The Morgan fingerprint density at radius 2 is 1.72 bits per heavy atom. The first-order valence-electron chi connectivity index (χ1n) is 12.8. The minimum Gasteiger partial charge on any atom is -0.508 e. The van der Waals surface area contributed by atoms with E-state index in [0.29, 0.717) is 24.2 Å². The molecule has 1 N–H and O–H groups in total. The molecule has 36 heavy (non-hydrogen) atoms. The monoisotopic (exact) mass is 483 g/mol. The van der Waals surface area contributed by atoms with Crippen molar-refractivity contribution in [3.8, 4) is 5.75 Å². The molecule has 0 unspecified atom stereocenters. The van der Waals surface area contributed by atoms with Crippen LogP contribution in [-0.4, -0.2) is 59.1 Å². The highest BCUT2D eigenvalue weighted by molar-refractivity contribution is 6.06. The van der Waals surface area contributed by atoms with Crippen molar-refractivity contribution in [2.75, 3.05) is 31.1 Å². The largest absolute Gasteiger partial charge is 0.508 e. The van der Waals surface area contributed by atoms with Crippen LogP contribution in [0, 0.1) is 0 Å². The van der Waals surface area contributed by atoms with E-state index in [9.17, 15) is 9.90 Å². The molecule has 0 radical (unpaired) electrons. The maximum Gasteiger partial charge on any atom is 0.258 e. The van der Waals surface area contributed by atoms with Crippen molar-refractivity contribution < 1.29 is 9.90 Å². The third-order valence-electron chi connectivity index (χ3n) is 7.15. The van der Waals surface area contributed by atoms with E-state index in [1.165, 1.54) is 0 Å². The molecule has 5 heteroatoms. The summed E-state index contributed by atoms with van der Waals surface area (Å²) in [4.78, 5) is 20.1. The SMILES string of the molecule is C=CCN1C[C@H](C)N([C@H](c2ccc(C(=O)N(CC)c3ccccc3)cc2)c2cccc(O)c2)C[C@@H]1C. The summed E-state index contributed by atoms with van der Waals surface area (Å²) in [6.45, 7) is 13.7. The molecule has 3 aromatic rings. The molecule has 0 bridgehead atoms. The first-order chi connectivity index (χ1) is 17.4.